The highest BCUT2D eigenvalue weighted by molar-refractivity contribution is 5.04. The van der Waals surface area contributed by atoms with Crippen LogP contribution in [0.2, 0.25) is 0 Å². The van der Waals surface area contributed by atoms with E-state index < -0.39 is 0 Å². The van der Waals surface area contributed by atoms with Gasteiger partial charge in [-0.2, -0.15) is 0 Å². The first-order valence-corrected chi connectivity index (χ1v) is 4.37. The predicted octanol–water partition coefficient (Wildman–Crippen LogP) is 0.305. The Kier molecular flexibility index (Phi) is 2.35. The van der Waals surface area contributed by atoms with Crippen LogP contribution in [0.15, 0.2) is 6.20 Å². The van der Waals surface area contributed by atoms with Gasteiger partial charge < -0.3 is 10.1 Å². The molecule has 13 heavy (non-hydrogen) atoms. The third-order valence-corrected chi connectivity index (χ3v) is 2.16. The van der Waals surface area contributed by atoms with Gasteiger partial charge in [0.15, 0.2) is 0 Å². The number of methoxy groups -OCH3 is 1. The number of aromatic nitrogens is 3. The van der Waals surface area contributed by atoms with E-state index in [1.807, 2.05) is 0 Å². The molecule has 1 aromatic heterocycles. The molecule has 0 radical (unpaired) electrons. The van der Waals surface area contributed by atoms with Gasteiger partial charge in [0.1, 0.15) is 0 Å². The summed E-state index contributed by atoms with van der Waals surface area (Å²) < 4.78 is 4.83. The molecule has 1 fully saturated rings. The monoisotopic (exact) mass is 180 g/mol. The van der Waals surface area contributed by atoms with Crippen molar-refractivity contribution in [2.75, 3.05) is 13.7 Å². The number of ether oxygens (including phenoxy) is 1. The molecule has 0 spiro atoms. The average Bonchev–Trinajstić information content (AvgIpc) is 2.71. The van der Waals surface area contributed by atoms with E-state index in [1.165, 1.54) is 13.5 Å². The zero-order chi connectivity index (χ0) is 9.10. The Morgan fingerprint density at radius 3 is 3.00 bits per heavy atom. The van der Waals surface area contributed by atoms with Crippen LogP contribution in [0.3, 0.4) is 0 Å². The molecule has 1 saturated heterocycles. The van der Waals surface area contributed by atoms with E-state index in [4.69, 9.17) is 4.74 Å². The van der Waals surface area contributed by atoms with Crippen molar-refractivity contribution in [3.05, 3.63) is 11.9 Å². The van der Waals surface area contributed by atoms with Crippen molar-refractivity contribution in [3.63, 3.8) is 0 Å². The fourth-order valence-electron chi connectivity index (χ4n) is 1.46. The summed E-state index contributed by atoms with van der Waals surface area (Å²) in [6, 6.07) is 0.646. The van der Waals surface area contributed by atoms with Gasteiger partial charge in [-0.25, -0.2) is 4.98 Å². The van der Waals surface area contributed by atoms with Crippen LogP contribution < -0.4 is 10.1 Å². The molecule has 1 aromatic rings. The van der Waals surface area contributed by atoms with Crippen molar-refractivity contribution in [1.29, 1.82) is 0 Å². The maximum absolute atomic E-state index is 4.83. The van der Waals surface area contributed by atoms with Gasteiger partial charge in [0, 0.05) is 0 Å². The Morgan fingerprint density at radius 2 is 2.46 bits per heavy atom. The summed E-state index contributed by atoms with van der Waals surface area (Å²) in [6.07, 6.45) is 4.02. The van der Waals surface area contributed by atoms with E-state index in [2.05, 4.69) is 20.5 Å². The summed E-state index contributed by atoms with van der Waals surface area (Å²) in [6.45, 7) is 1.05. The number of nitrogens with zero attached hydrogens (tertiary/aromatic N) is 3. The van der Waals surface area contributed by atoms with Crippen molar-refractivity contribution in [3.8, 4) is 6.01 Å². The quantitative estimate of drug-likeness (QED) is 0.709. The molecule has 0 aromatic carbocycles. The maximum atomic E-state index is 4.83. The summed E-state index contributed by atoms with van der Waals surface area (Å²) in [7, 11) is 1.53. The SMILES string of the molecule is COc1ncc(C2CCCN2)nn1. The molecule has 1 unspecified atom stereocenters. The molecule has 1 aliphatic rings. The maximum Gasteiger partial charge on any atom is 0.335 e. The van der Waals surface area contributed by atoms with Gasteiger partial charge in [0.05, 0.1) is 25.0 Å². The first-order chi connectivity index (χ1) is 6.40. The third kappa shape index (κ3) is 1.75. The summed E-state index contributed by atoms with van der Waals surface area (Å²) >= 11 is 0. The van der Waals surface area contributed by atoms with Gasteiger partial charge >= 0.3 is 6.01 Å². The van der Waals surface area contributed by atoms with E-state index >= 15 is 0 Å². The Hall–Kier alpha value is -1.23. The molecule has 0 aliphatic carbocycles. The highest BCUT2D eigenvalue weighted by Gasteiger charge is 2.18. The standard InChI is InChI=1S/C8H12N4O/c1-13-8-10-5-7(11-12-8)6-3-2-4-9-6/h5-6,9H,2-4H2,1H3. The van der Waals surface area contributed by atoms with Crippen molar-refractivity contribution >= 4 is 0 Å². The molecule has 0 amide bonds. The minimum absolute atomic E-state index is 0.321. The lowest BCUT2D eigenvalue weighted by molar-refractivity contribution is 0.370. The molecule has 0 saturated carbocycles. The van der Waals surface area contributed by atoms with Crippen LogP contribution in [0.25, 0.3) is 0 Å². The van der Waals surface area contributed by atoms with E-state index in [0.29, 0.717) is 12.1 Å². The van der Waals surface area contributed by atoms with Gasteiger partial charge in [0.25, 0.3) is 0 Å². The van der Waals surface area contributed by atoms with Gasteiger partial charge in [0.2, 0.25) is 0 Å². The number of hydrogen-bond acceptors (Lipinski definition) is 5. The second-order valence-corrected chi connectivity index (χ2v) is 3.02. The third-order valence-electron chi connectivity index (χ3n) is 2.16. The minimum Gasteiger partial charge on any atom is -0.466 e. The zero-order valence-corrected chi connectivity index (χ0v) is 7.53. The van der Waals surface area contributed by atoms with Crippen LogP contribution in [-0.2, 0) is 0 Å². The van der Waals surface area contributed by atoms with Crippen LogP contribution in [0, 0.1) is 0 Å². The minimum atomic E-state index is 0.321. The summed E-state index contributed by atoms with van der Waals surface area (Å²) in [5.74, 6) is 0. The molecule has 1 aliphatic heterocycles. The molecule has 5 heteroatoms. The van der Waals surface area contributed by atoms with E-state index in [9.17, 15) is 0 Å². The molecule has 2 heterocycles. The van der Waals surface area contributed by atoms with Crippen molar-refractivity contribution in [2.24, 2.45) is 0 Å². The average molecular weight is 180 g/mol. The normalized spacial score (nSPS) is 21.8. The van der Waals surface area contributed by atoms with Gasteiger partial charge in [-0.15, -0.1) is 5.10 Å². The highest BCUT2D eigenvalue weighted by Crippen LogP contribution is 2.19. The molecule has 1 N–H and O–H groups in total. The fraction of sp³-hybridized carbons (Fsp3) is 0.625. The number of rotatable bonds is 2. The largest absolute Gasteiger partial charge is 0.466 e. The van der Waals surface area contributed by atoms with Gasteiger partial charge in [-0.3, -0.25) is 0 Å². The Bertz CT molecular complexity index is 268. The van der Waals surface area contributed by atoms with Crippen LogP contribution >= 0.6 is 0 Å². The first kappa shape index (κ1) is 8.37. The Morgan fingerprint density at radius 1 is 1.54 bits per heavy atom. The predicted molar refractivity (Wildman–Crippen MR) is 46.4 cm³/mol. The van der Waals surface area contributed by atoms with E-state index in [-0.39, 0.29) is 0 Å². The summed E-state index contributed by atoms with van der Waals surface area (Å²) in [5.41, 5.74) is 0.901. The molecule has 1 atom stereocenters. The lowest BCUT2D eigenvalue weighted by atomic mass is 10.2. The fourth-order valence-corrected chi connectivity index (χ4v) is 1.46. The molecule has 5 nitrogen and oxygen atoms in total. The smallest absolute Gasteiger partial charge is 0.335 e. The number of nitrogens with one attached hydrogen (secondary N) is 1. The lowest BCUT2D eigenvalue weighted by Crippen LogP contribution is -2.15. The van der Waals surface area contributed by atoms with Crippen LogP contribution in [0.5, 0.6) is 6.01 Å². The van der Waals surface area contributed by atoms with Crippen molar-refractivity contribution < 1.29 is 4.74 Å². The summed E-state index contributed by atoms with van der Waals surface area (Å²) in [4.78, 5) is 4.01. The molecule has 2 rings (SSSR count). The molecular weight excluding hydrogens is 168 g/mol. The van der Waals surface area contributed by atoms with Crippen LogP contribution in [0.1, 0.15) is 24.6 Å². The molecular formula is C8H12N4O. The van der Waals surface area contributed by atoms with Crippen molar-refractivity contribution in [2.45, 2.75) is 18.9 Å². The topological polar surface area (TPSA) is 59.9 Å². The van der Waals surface area contributed by atoms with Crippen LogP contribution in [0.4, 0.5) is 0 Å². The van der Waals surface area contributed by atoms with E-state index in [1.54, 1.807) is 6.20 Å². The van der Waals surface area contributed by atoms with Gasteiger partial charge in [-0.1, -0.05) is 5.10 Å². The highest BCUT2D eigenvalue weighted by atomic mass is 16.5. The molecule has 70 valence electrons. The van der Waals surface area contributed by atoms with Gasteiger partial charge in [-0.05, 0) is 19.4 Å². The number of hydrogen-bond donors (Lipinski definition) is 1. The van der Waals surface area contributed by atoms with Crippen LogP contribution in [-0.4, -0.2) is 28.8 Å². The first-order valence-electron chi connectivity index (χ1n) is 4.37. The van der Waals surface area contributed by atoms with Crippen molar-refractivity contribution in [1.82, 2.24) is 20.5 Å². The molecule has 0 bridgehead atoms. The van der Waals surface area contributed by atoms with E-state index in [0.717, 1.165) is 18.7 Å². The Balaban J connectivity index is 2.12. The second kappa shape index (κ2) is 3.66. The summed E-state index contributed by atoms with van der Waals surface area (Å²) in [5, 5.41) is 11.2. The Labute approximate surface area is 76.5 Å². The second-order valence-electron chi connectivity index (χ2n) is 3.02. The lowest BCUT2D eigenvalue weighted by Gasteiger charge is -2.07. The zero-order valence-electron chi connectivity index (χ0n) is 7.53.